The second kappa shape index (κ2) is 8.09. The molecule has 7 nitrogen and oxygen atoms in total. The lowest BCUT2D eigenvalue weighted by Crippen LogP contribution is -2.18. The number of carbonyl (C=O) groups is 2. The van der Waals surface area contributed by atoms with Crippen molar-refractivity contribution < 1.29 is 9.59 Å². The van der Waals surface area contributed by atoms with Crippen LogP contribution in [0.5, 0.6) is 0 Å². The van der Waals surface area contributed by atoms with Crippen LogP contribution in [0.4, 0.5) is 5.69 Å². The number of Topliss-reactive ketones (excluding diaryl/α,β-unsaturated/α-hetero) is 1. The Balaban J connectivity index is 1.67. The first-order valence-electron chi connectivity index (χ1n) is 8.41. The first-order chi connectivity index (χ1) is 12.9. The third-order valence-electron chi connectivity index (χ3n) is 3.85. The van der Waals surface area contributed by atoms with E-state index in [0.717, 1.165) is 0 Å². The maximum Gasteiger partial charge on any atom is 0.226 e. The minimum Gasteiger partial charge on any atom is -0.326 e. The van der Waals surface area contributed by atoms with Crippen molar-refractivity contribution >= 4 is 29.0 Å². The smallest absolute Gasteiger partial charge is 0.226 e. The molecule has 0 unspecified atom stereocenters. The molecule has 0 spiro atoms. The molecular weight excluding hydrogens is 366 g/mol. The average Bonchev–Trinajstić information content (AvgIpc) is 3.10. The predicted molar refractivity (Wildman–Crippen MR) is 103 cm³/mol. The second-order valence-electron chi connectivity index (χ2n) is 6.27. The fourth-order valence-electron chi connectivity index (χ4n) is 2.31. The third kappa shape index (κ3) is 4.57. The number of halogens is 1. The first kappa shape index (κ1) is 18.7. The van der Waals surface area contributed by atoms with Gasteiger partial charge < -0.3 is 5.32 Å². The number of rotatable bonds is 6. The molecule has 1 N–H and O–H groups in total. The molecule has 0 atom stereocenters. The van der Waals surface area contributed by atoms with Crippen molar-refractivity contribution in [2.75, 3.05) is 5.32 Å². The van der Waals surface area contributed by atoms with Gasteiger partial charge in [-0.25, -0.2) is 0 Å². The van der Waals surface area contributed by atoms with Crippen molar-refractivity contribution in [3.05, 3.63) is 59.1 Å². The van der Waals surface area contributed by atoms with Gasteiger partial charge in [-0.3, -0.25) is 9.59 Å². The minimum absolute atomic E-state index is 0.0465. The highest BCUT2D eigenvalue weighted by atomic mass is 35.5. The predicted octanol–water partition coefficient (Wildman–Crippen LogP) is 3.47. The molecule has 27 heavy (non-hydrogen) atoms. The number of carbonyl (C=O) groups excluding carboxylic acids is 2. The van der Waals surface area contributed by atoms with Gasteiger partial charge in [-0.05, 0) is 41.6 Å². The average molecular weight is 384 g/mol. The monoisotopic (exact) mass is 383 g/mol. The van der Waals surface area contributed by atoms with E-state index < -0.39 is 0 Å². The number of tetrazole rings is 1. The lowest BCUT2D eigenvalue weighted by atomic mass is 10.1. The van der Waals surface area contributed by atoms with E-state index in [2.05, 4.69) is 20.7 Å². The SMILES string of the molecule is CC(C)C(=O)Nc1ccc(C(=O)Cn2nnc(-c3ccccc3Cl)n2)cc1. The van der Waals surface area contributed by atoms with E-state index in [-0.39, 0.29) is 24.2 Å². The molecule has 3 aromatic rings. The van der Waals surface area contributed by atoms with E-state index in [9.17, 15) is 9.59 Å². The van der Waals surface area contributed by atoms with Crippen LogP contribution in [0.25, 0.3) is 11.4 Å². The van der Waals surface area contributed by atoms with Crippen LogP contribution in [0.3, 0.4) is 0 Å². The number of benzene rings is 2. The third-order valence-corrected chi connectivity index (χ3v) is 4.18. The van der Waals surface area contributed by atoms with Crippen molar-refractivity contribution in [3.63, 3.8) is 0 Å². The number of aromatic nitrogens is 4. The lowest BCUT2D eigenvalue weighted by Gasteiger charge is -2.08. The minimum atomic E-state index is -0.167. The summed E-state index contributed by atoms with van der Waals surface area (Å²) in [5.74, 6) is 0.00463. The van der Waals surface area contributed by atoms with Crippen LogP contribution >= 0.6 is 11.6 Å². The van der Waals surface area contributed by atoms with Crippen LogP contribution in [0.2, 0.25) is 5.02 Å². The molecule has 2 aromatic carbocycles. The molecule has 0 bridgehead atoms. The molecule has 0 aliphatic carbocycles. The molecule has 0 aliphatic rings. The summed E-state index contributed by atoms with van der Waals surface area (Å²) in [6.45, 7) is 3.58. The number of amides is 1. The van der Waals surface area contributed by atoms with Gasteiger partial charge in [0.2, 0.25) is 11.7 Å². The van der Waals surface area contributed by atoms with E-state index in [1.165, 1.54) is 4.80 Å². The van der Waals surface area contributed by atoms with Crippen LogP contribution in [0, 0.1) is 5.92 Å². The van der Waals surface area contributed by atoms with E-state index in [1.54, 1.807) is 36.4 Å². The highest BCUT2D eigenvalue weighted by molar-refractivity contribution is 6.33. The van der Waals surface area contributed by atoms with Crippen LogP contribution in [-0.2, 0) is 11.3 Å². The summed E-state index contributed by atoms with van der Waals surface area (Å²) >= 11 is 6.13. The first-order valence-corrected chi connectivity index (χ1v) is 8.78. The van der Waals surface area contributed by atoms with E-state index in [1.807, 2.05) is 26.0 Å². The molecule has 0 aliphatic heterocycles. The number of nitrogens with zero attached hydrogens (tertiary/aromatic N) is 4. The highest BCUT2D eigenvalue weighted by Gasteiger charge is 2.13. The van der Waals surface area contributed by atoms with Crippen molar-refractivity contribution in [1.29, 1.82) is 0 Å². The molecule has 0 radical (unpaired) electrons. The van der Waals surface area contributed by atoms with Gasteiger partial charge >= 0.3 is 0 Å². The van der Waals surface area contributed by atoms with Crippen molar-refractivity contribution in [3.8, 4) is 11.4 Å². The summed E-state index contributed by atoms with van der Waals surface area (Å²) in [7, 11) is 0. The highest BCUT2D eigenvalue weighted by Crippen LogP contribution is 2.23. The number of anilines is 1. The maximum atomic E-state index is 12.4. The maximum absolute atomic E-state index is 12.4. The topological polar surface area (TPSA) is 89.8 Å². The molecule has 0 saturated heterocycles. The Morgan fingerprint density at radius 2 is 1.81 bits per heavy atom. The molecule has 1 amide bonds. The second-order valence-corrected chi connectivity index (χ2v) is 6.67. The molecule has 8 heteroatoms. The Hall–Kier alpha value is -3.06. The van der Waals surface area contributed by atoms with Gasteiger partial charge in [-0.15, -0.1) is 10.2 Å². The van der Waals surface area contributed by atoms with E-state index in [0.29, 0.717) is 27.7 Å². The number of hydrogen-bond donors (Lipinski definition) is 1. The molecule has 138 valence electrons. The Kier molecular flexibility index (Phi) is 5.61. The molecule has 0 fully saturated rings. The number of ketones is 1. The van der Waals surface area contributed by atoms with Crippen molar-refractivity contribution in [1.82, 2.24) is 20.2 Å². The Morgan fingerprint density at radius 3 is 2.48 bits per heavy atom. The number of nitrogens with one attached hydrogen (secondary N) is 1. The summed E-state index contributed by atoms with van der Waals surface area (Å²) in [6.07, 6.45) is 0. The van der Waals surface area contributed by atoms with Crippen molar-refractivity contribution in [2.45, 2.75) is 20.4 Å². The summed E-state index contributed by atoms with van der Waals surface area (Å²) in [5.41, 5.74) is 1.79. The molecule has 1 aromatic heterocycles. The summed E-state index contributed by atoms with van der Waals surface area (Å²) in [4.78, 5) is 25.4. The fourth-order valence-corrected chi connectivity index (χ4v) is 2.53. The normalized spacial score (nSPS) is 10.8. The standard InChI is InChI=1S/C19H18ClN5O2/c1-12(2)19(27)21-14-9-7-13(8-10-14)17(26)11-25-23-18(22-24-25)15-5-3-4-6-16(15)20/h3-10,12H,11H2,1-2H3,(H,21,27). The quantitative estimate of drug-likeness (QED) is 0.658. The van der Waals surface area contributed by atoms with Crippen molar-refractivity contribution in [2.24, 2.45) is 5.92 Å². The zero-order valence-electron chi connectivity index (χ0n) is 14.9. The molecule has 1 heterocycles. The Bertz CT molecular complexity index is 966. The zero-order valence-corrected chi connectivity index (χ0v) is 15.6. The van der Waals surface area contributed by atoms with Crippen LogP contribution < -0.4 is 5.32 Å². The Morgan fingerprint density at radius 1 is 1.11 bits per heavy atom. The molecule has 3 rings (SSSR count). The van der Waals surface area contributed by atoms with Crippen LogP contribution in [0.15, 0.2) is 48.5 Å². The zero-order chi connectivity index (χ0) is 19.4. The van der Waals surface area contributed by atoms with Gasteiger partial charge in [0.15, 0.2) is 5.78 Å². The number of hydrogen-bond acceptors (Lipinski definition) is 5. The summed E-state index contributed by atoms with van der Waals surface area (Å²) < 4.78 is 0. The summed E-state index contributed by atoms with van der Waals surface area (Å²) in [5, 5.41) is 15.4. The van der Waals surface area contributed by atoms with Gasteiger partial charge in [-0.1, -0.05) is 37.6 Å². The van der Waals surface area contributed by atoms with Gasteiger partial charge in [0, 0.05) is 22.7 Å². The molecular formula is C19H18ClN5O2. The summed E-state index contributed by atoms with van der Waals surface area (Å²) in [6, 6.07) is 13.9. The van der Waals surface area contributed by atoms with Crippen LogP contribution in [-0.4, -0.2) is 31.9 Å². The Labute approximate surface area is 161 Å². The van der Waals surface area contributed by atoms with E-state index in [4.69, 9.17) is 11.6 Å². The molecule has 0 saturated carbocycles. The van der Waals surface area contributed by atoms with Gasteiger partial charge in [-0.2, -0.15) is 4.80 Å². The lowest BCUT2D eigenvalue weighted by molar-refractivity contribution is -0.118. The van der Waals surface area contributed by atoms with Crippen LogP contribution in [0.1, 0.15) is 24.2 Å². The van der Waals surface area contributed by atoms with Gasteiger partial charge in [0.25, 0.3) is 0 Å². The van der Waals surface area contributed by atoms with E-state index >= 15 is 0 Å². The van der Waals surface area contributed by atoms with Gasteiger partial charge in [0.1, 0.15) is 6.54 Å². The fraction of sp³-hybridized carbons (Fsp3) is 0.211. The van der Waals surface area contributed by atoms with Gasteiger partial charge in [0.05, 0.1) is 5.02 Å². The largest absolute Gasteiger partial charge is 0.326 e.